The number of likely N-dealkylation sites (tertiary alicyclic amines) is 1. The second-order valence-corrected chi connectivity index (χ2v) is 13.9. The van der Waals surface area contributed by atoms with Gasteiger partial charge in [-0.2, -0.15) is 19.6 Å². The molecule has 0 bridgehead atoms. The van der Waals surface area contributed by atoms with Crippen LogP contribution in [0.15, 0.2) is 84.7 Å². The first-order valence-electron chi connectivity index (χ1n) is 17.9. The Balaban J connectivity index is 1.18. The van der Waals surface area contributed by atoms with Crippen molar-refractivity contribution in [1.82, 2.24) is 29.5 Å². The molecule has 53 heavy (non-hydrogen) atoms. The lowest BCUT2D eigenvalue weighted by Crippen LogP contribution is -2.37. The lowest BCUT2D eigenvalue weighted by molar-refractivity contribution is -0.136. The number of hydrogen-bond acceptors (Lipinski definition) is 10. The third-order valence-corrected chi connectivity index (χ3v) is 9.61. The van der Waals surface area contributed by atoms with Crippen molar-refractivity contribution in [1.29, 1.82) is 0 Å². The minimum atomic E-state index is -1.05. The number of carbonyl (C=O) groups is 2. The molecule has 0 spiro atoms. The summed E-state index contributed by atoms with van der Waals surface area (Å²) >= 11 is 0. The smallest absolute Gasteiger partial charge is 0.307 e. The van der Waals surface area contributed by atoms with Gasteiger partial charge in [0, 0.05) is 55.0 Å². The van der Waals surface area contributed by atoms with Crippen molar-refractivity contribution >= 4 is 45.9 Å². The van der Waals surface area contributed by atoms with Crippen molar-refractivity contribution in [3.63, 3.8) is 0 Å². The van der Waals surface area contributed by atoms with Gasteiger partial charge in [0.15, 0.2) is 11.5 Å². The maximum Gasteiger partial charge on any atom is 0.307 e. The number of amides is 1. The number of allylic oxidation sites excluding steroid dienone is 1. The highest BCUT2D eigenvalue weighted by Gasteiger charge is 2.22. The molecule has 2 aromatic carbocycles. The van der Waals surface area contributed by atoms with Crippen LogP contribution in [0.25, 0.3) is 27.7 Å². The molecule has 0 atom stereocenters. The Morgan fingerprint density at radius 2 is 1.81 bits per heavy atom. The van der Waals surface area contributed by atoms with E-state index in [-0.39, 0.29) is 11.9 Å². The summed E-state index contributed by atoms with van der Waals surface area (Å²) in [5.74, 6) is 0.260. The number of ether oxygens (including phenoxy) is 1. The summed E-state index contributed by atoms with van der Waals surface area (Å²) in [7, 11) is 0. The van der Waals surface area contributed by atoms with Crippen LogP contribution in [-0.4, -0.2) is 67.5 Å². The number of esters is 1. The summed E-state index contributed by atoms with van der Waals surface area (Å²) in [5.41, 5.74) is 6.03. The quantitative estimate of drug-likeness (QED) is 0.0638. The zero-order chi connectivity index (χ0) is 37.6. The summed E-state index contributed by atoms with van der Waals surface area (Å²) < 4.78 is 20.4. The molecular weight excluding hydrogens is 673 g/mol. The minimum Gasteiger partial charge on any atom is -0.432 e. The zero-order valence-electron chi connectivity index (χ0n) is 30.9. The summed E-state index contributed by atoms with van der Waals surface area (Å²) in [4.78, 5) is 40.1. The Morgan fingerprint density at radius 3 is 2.55 bits per heavy atom. The summed E-state index contributed by atoms with van der Waals surface area (Å²) in [6.07, 6.45) is 5.64. The standard InChI is InChI=1S/C40H46FN9O3/c1-24(2)35-22-45-50-37(35)47-39(43-20-29-14-17-49(18-15-29)23-25(3)27(5)53-28(6)51)48-40(50)44-21-31-9-7-8-10-33(31)36-34-12-11-32(46-38(52)26(4)41)19-30(34)13-16-42-36/h7-13,16,19,22,24,29H,4,14-15,17-18,20-21,23H2,1-3,5-6H3,(H,46,52)(H2,43,44,47,48)/b27-25+. The Labute approximate surface area is 308 Å². The van der Waals surface area contributed by atoms with Crippen LogP contribution >= 0.6 is 0 Å². The SMILES string of the molecule is C=C(F)C(=O)Nc1ccc2c(-c3ccccc3CNc3nc(NCC4CCN(C/C(C)=C(\C)OC(C)=O)CC4)nc4c(C(C)C)cnn34)nccc2c1. The van der Waals surface area contributed by atoms with Crippen LogP contribution in [0.3, 0.4) is 0 Å². The van der Waals surface area contributed by atoms with Gasteiger partial charge < -0.3 is 20.7 Å². The van der Waals surface area contributed by atoms with Crippen molar-refractivity contribution < 1.29 is 18.7 Å². The molecule has 4 heterocycles. The zero-order valence-corrected chi connectivity index (χ0v) is 30.9. The molecule has 5 aromatic rings. The van der Waals surface area contributed by atoms with Gasteiger partial charge in [0.2, 0.25) is 11.9 Å². The molecule has 13 heteroatoms. The average Bonchev–Trinajstić information content (AvgIpc) is 3.58. The fourth-order valence-corrected chi connectivity index (χ4v) is 6.58. The van der Waals surface area contributed by atoms with Gasteiger partial charge in [-0.3, -0.25) is 19.5 Å². The van der Waals surface area contributed by atoms with E-state index in [9.17, 15) is 14.0 Å². The van der Waals surface area contributed by atoms with Gasteiger partial charge >= 0.3 is 5.97 Å². The van der Waals surface area contributed by atoms with Crippen LogP contribution in [0, 0.1) is 5.92 Å². The number of benzene rings is 2. The predicted molar refractivity (Wildman–Crippen MR) is 206 cm³/mol. The lowest BCUT2D eigenvalue weighted by atomic mass is 9.96. The van der Waals surface area contributed by atoms with Gasteiger partial charge in [0.25, 0.3) is 5.91 Å². The fraction of sp³-hybridized carbons (Fsp3) is 0.350. The molecule has 0 radical (unpaired) electrons. The Bertz CT molecular complexity index is 2190. The number of nitrogens with zero attached hydrogens (tertiary/aromatic N) is 6. The van der Waals surface area contributed by atoms with Crippen LogP contribution in [0.2, 0.25) is 0 Å². The van der Waals surface area contributed by atoms with E-state index in [2.05, 4.69) is 46.4 Å². The minimum absolute atomic E-state index is 0.220. The topological polar surface area (TPSA) is 139 Å². The van der Waals surface area contributed by atoms with Crippen LogP contribution in [0.1, 0.15) is 64.5 Å². The van der Waals surface area contributed by atoms with E-state index >= 15 is 0 Å². The van der Waals surface area contributed by atoms with Crippen LogP contribution in [0.5, 0.6) is 0 Å². The van der Waals surface area contributed by atoms with Gasteiger partial charge in [-0.25, -0.2) is 4.39 Å². The predicted octanol–water partition coefficient (Wildman–Crippen LogP) is 7.48. The first-order chi connectivity index (χ1) is 25.5. The summed E-state index contributed by atoms with van der Waals surface area (Å²) in [6, 6.07) is 15.3. The molecule has 0 aliphatic carbocycles. The number of nitrogens with one attached hydrogen (secondary N) is 3. The van der Waals surface area contributed by atoms with E-state index in [1.807, 2.05) is 56.4 Å². The molecule has 1 amide bonds. The second kappa shape index (κ2) is 16.3. The maximum absolute atomic E-state index is 13.3. The van der Waals surface area contributed by atoms with Crippen molar-refractivity contribution in [2.75, 3.05) is 42.1 Å². The molecule has 0 unspecified atom stereocenters. The Kier molecular flexibility index (Phi) is 11.4. The van der Waals surface area contributed by atoms with Gasteiger partial charge in [-0.1, -0.05) is 50.8 Å². The molecule has 1 aliphatic rings. The van der Waals surface area contributed by atoms with Gasteiger partial charge in [0.05, 0.1) is 11.9 Å². The largest absolute Gasteiger partial charge is 0.432 e. The van der Waals surface area contributed by atoms with E-state index < -0.39 is 11.7 Å². The van der Waals surface area contributed by atoms with Gasteiger partial charge in [-0.15, -0.1) is 0 Å². The third kappa shape index (κ3) is 8.86. The molecule has 3 aromatic heterocycles. The molecule has 276 valence electrons. The molecule has 1 saturated heterocycles. The second-order valence-electron chi connectivity index (χ2n) is 13.9. The summed E-state index contributed by atoms with van der Waals surface area (Å²) in [5, 5.41) is 16.0. The molecule has 1 fully saturated rings. The molecule has 6 rings (SSSR count). The number of rotatable bonds is 13. The normalized spacial score (nSPS) is 14.3. The van der Waals surface area contributed by atoms with Crippen LogP contribution < -0.4 is 16.0 Å². The maximum atomic E-state index is 13.3. The molecule has 12 nitrogen and oxygen atoms in total. The van der Waals surface area contributed by atoms with E-state index in [0.717, 1.165) is 83.4 Å². The number of hydrogen-bond donors (Lipinski definition) is 3. The number of carbonyl (C=O) groups excluding carboxylic acids is 2. The number of fused-ring (bicyclic) bond motifs is 2. The number of halogens is 1. The Hall–Kier alpha value is -5.69. The summed E-state index contributed by atoms with van der Waals surface area (Å²) in [6.45, 7) is 16.5. The highest BCUT2D eigenvalue weighted by atomic mass is 19.1. The van der Waals surface area contributed by atoms with Gasteiger partial charge in [0.1, 0.15) is 5.76 Å². The number of aromatic nitrogens is 5. The van der Waals surface area contributed by atoms with Crippen LogP contribution in [-0.2, 0) is 20.9 Å². The molecule has 0 saturated carbocycles. The van der Waals surface area contributed by atoms with E-state index in [1.165, 1.54) is 6.92 Å². The average molecular weight is 720 g/mol. The number of anilines is 3. The first kappa shape index (κ1) is 37.1. The van der Waals surface area contributed by atoms with Gasteiger partial charge in [-0.05, 0) is 86.3 Å². The van der Waals surface area contributed by atoms with Crippen molar-refractivity contribution in [2.24, 2.45) is 5.92 Å². The van der Waals surface area contributed by atoms with Crippen molar-refractivity contribution in [3.05, 3.63) is 95.8 Å². The Morgan fingerprint density at radius 1 is 1.04 bits per heavy atom. The highest BCUT2D eigenvalue weighted by Crippen LogP contribution is 2.32. The third-order valence-electron chi connectivity index (χ3n) is 9.61. The molecular formula is C40H46FN9O3. The fourth-order valence-electron chi connectivity index (χ4n) is 6.58. The molecule has 3 N–H and O–H groups in total. The number of pyridine rings is 1. The first-order valence-corrected chi connectivity index (χ1v) is 17.9. The lowest BCUT2D eigenvalue weighted by Gasteiger charge is -2.32. The van der Waals surface area contributed by atoms with Crippen LogP contribution in [0.4, 0.5) is 22.0 Å². The van der Waals surface area contributed by atoms with E-state index in [1.54, 1.807) is 22.8 Å². The molecule has 1 aliphatic heterocycles. The highest BCUT2D eigenvalue weighted by molar-refractivity contribution is 6.04. The number of piperidine rings is 1. The monoisotopic (exact) mass is 719 g/mol. The van der Waals surface area contributed by atoms with E-state index in [4.69, 9.17) is 19.7 Å². The van der Waals surface area contributed by atoms with Crippen molar-refractivity contribution in [3.8, 4) is 11.3 Å². The van der Waals surface area contributed by atoms with Crippen molar-refractivity contribution in [2.45, 2.75) is 59.9 Å². The van der Waals surface area contributed by atoms with E-state index in [0.29, 0.717) is 35.8 Å².